The zero-order chi connectivity index (χ0) is 24.1. The number of halogens is 1. The second kappa shape index (κ2) is 6.86. The summed E-state index contributed by atoms with van der Waals surface area (Å²) in [4.78, 5) is 55.6. The maximum Gasteiger partial charge on any atom is 0.274 e. The smallest absolute Gasteiger partial charge is 0.274 e. The molecular weight excluding hydrogens is 460 g/mol. The number of hydrogen-bond acceptors (Lipinski definition) is 6. The van der Waals surface area contributed by atoms with Crippen molar-refractivity contribution in [2.45, 2.75) is 38.3 Å². The molecule has 2 aromatic carbocycles. The molecule has 4 aliphatic rings. The predicted octanol–water partition coefficient (Wildman–Crippen LogP) is 3.30. The van der Waals surface area contributed by atoms with Crippen LogP contribution in [0.4, 0.5) is 17.1 Å². The van der Waals surface area contributed by atoms with Gasteiger partial charge in [-0.15, -0.1) is 0 Å². The number of imide groups is 1. The van der Waals surface area contributed by atoms with Crippen LogP contribution in [0.25, 0.3) is 0 Å². The molecule has 10 heteroatoms. The molecule has 0 radical (unpaired) electrons. The Kier molecular flexibility index (Phi) is 4.29. The third-order valence-electron chi connectivity index (χ3n) is 7.91. The molecule has 1 N–H and O–H groups in total. The van der Waals surface area contributed by atoms with E-state index in [9.17, 15) is 24.5 Å². The summed E-state index contributed by atoms with van der Waals surface area (Å²) in [6, 6.07) is 7.71. The fourth-order valence-electron chi connectivity index (χ4n) is 6.68. The van der Waals surface area contributed by atoms with E-state index in [0.717, 1.165) is 16.9 Å². The van der Waals surface area contributed by atoms with Gasteiger partial charge >= 0.3 is 0 Å². The van der Waals surface area contributed by atoms with E-state index in [4.69, 9.17) is 11.6 Å². The van der Waals surface area contributed by atoms with Gasteiger partial charge in [0, 0.05) is 17.7 Å². The van der Waals surface area contributed by atoms with Crippen molar-refractivity contribution in [3.05, 3.63) is 62.2 Å². The molecule has 0 bridgehead atoms. The summed E-state index contributed by atoms with van der Waals surface area (Å²) in [6.07, 6.45) is 1.49. The average molecular weight is 481 g/mol. The van der Waals surface area contributed by atoms with Gasteiger partial charge in [0.2, 0.25) is 11.8 Å². The second-order valence-electron chi connectivity index (χ2n) is 9.49. The molecule has 9 nitrogen and oxygen atoms in total. The first kappa shape index (κ1) is 21.2. The van der Waals surface area contributed by atoms with Crippen LogP contribution in [0.3, 0.4) is 0 Å². The van der Waals surface area contributed by atoms with E-state index in [-0.39, 0.29) is 28.9 Å². The van der Waals surface area contributed by atoms with Crippen molar-refractivity contribution in [2.24, 2.45) is 11.8 Å². The topological polar surface area (TPSA) is 113 Å². The van der Waals surface area contributed by atoms with Crippen molar-refractivity contribution in [3.63, 3.8) is 0 Å². The lowest BCUT2D eigenvalue weighted by Gasteiger charge is -2.37. The number of amides is 3. The molecule has 3 fully saturated rings. The summed E-state index contributed by atoms with van der Waals surface area (Å²) in [7, 11) is 0. The third kappa shape index (κ3) is 2.35. The van der Waals surface area contributed by atoms with Crippen LogP contribution in [-0.4, -0.2) is 40.1 Å². The van der Waals surface area contributed by atoms with Crippen LogP contribution in [0.15, 0.2) is 30.3 Å². The molecule has 34 heavy (non-hydrogen) atoms. The average Bonchev–Trinajstić information content (AvgIpc) is 3.48. The number of carbonyl (C=O) groups excluding carboxylic acids is 3. The van der Waals surface area contributed by atoms with Gasteiger partial charge < -0.3 is 5.32 Å². The van der Waals surface area contributed by atoms with Crippen molar-refractivity contribution >= 4 is 46.4 Å². The Morgan fingerprint density at radius 1 is 1.18 bits per heavy atom. The highest BCUT2D eigenvalue weighted by atomic mass is 35.5. The van der Waals surface area contributed by atoms with E-state index < -0.39 is 34.1 Å². The third-order valence-corrected chi connectivity index (χ3v) is 8.21. The summed E-state index contributed by atoms with van der Waals surface area (Å²) >= 11 is 6.49. The summed E-state index contributed by atoms with van der Waals surface area (Å²) in [5.74, 6) is -2.93. The fraction of sp³-hybridized carbons (Fsp3) is 0.375. The molecule has 0 saturated carbocycles. The number of nitro benzene ring substituents is 1. The van der Waals surface area contributed by atoms with Crippen LogP contribution >= 0.6 is 11.6 Å². The largest absolute Gasteiger partial charge is 0.323 e. The van der Waals surface area contributed by atoms with Crippen molar-refractivity contribution in [2.75, 3.05) is 16.8 Å². The highest BCUT2D eigenvalue weighted by molar-refractivity contribution is 6.35. The highest BCUT2D eigenvalue weighted by Crippen LogP contribution is 2.61. The molecule has 6 rings (SSSR count). The maximum absolute atomic E-state index is 14.0. The zero-order valence-electron chi connectivity index (χ0n) is 18.5. The summed E-state index contributed by atoms with van der Waals surface area (Å²) < 4.78 is 0. The van der Waals surface area contributed by atoms with E-state index >= 15 is 0 Å². The Bertz CT molecular complexity index is 1340. The molecule has 0 aliphatic carbocycles. The van der Waals surface area contributed by atoms with Crippen LogP contribution in [0.2, 0.25) is 5.02 Å². The number of nitrogens with zero attached hydrogens (tertiary/aromatic N) is 3. The first-order valence-electron chi connectivity index (χ1n) is 11.2. The van der Waals surface area contributed by atoms with Crippen molar-refractivity contribution < 1.29 is 19.3 Å². The SMILES string of the molecule is Cc1cc(Cl)c2c(c1)[C@]1(C(=O)N2)[C@H]2C(=O)N(c3cccc([N+](=O)[O-])c3C)C(=O)[C@@H]2[C@H]2CCCN21. The normalized spacial score (nSPS) is 29.6. The van der Waals surface area contributed by atoms with Crippen molar-refractivity contribution in [1.29, 1.82) is 0 Å². The number of nitro groups is 1. The van der Waals surface area contributed by atoms with Gasteiger partial charge in [-0.2, -0.15) is 0 Å². The lowest BCUT2D eigenvalue weighted by Crippen LogP contribution is -2.54. The molecule has 0 aromatic heterocycles. The number of hydrogen-bond donors (Lipinski definition) is 1. The minimum absolute atomic E-state index is 0.168. The van der Waals surface area contributed by atoms with Gasteiger partial charge in [-0.1, -0.05) is 23.7 Å². The van der Waals surface area contributed by atoms with Gasteiger partial charge in [-0.25, -0.2) is 4.90 Å². The quantitative estimate of drug-likeness (QED) is 0.401. The van der Waals surface area contributed by atoms with E-state index in [1.54, 1.807) is 12.1 Å². The number of nitrogens with one attached hydrogen (secondary N) is 1. The van der Waals surface area contributed by atoms with Crippen LogP contribution in [0, 0.1) is 35.8 Å². The Balaban J connectivity index is 1.57. The van der Waals surface area contributed by atoms with E-state index in [1.165, 1.54) is 19.1 Å². The number of fused-ring (bicyclic) bond motifs is 7. The van der Waals surface area contributed by atoms with Crippen LogP contribution < -0.4 is 10.2 Å². The number of benzene rings is 2. The molecule has 4 aliphatic heterocycles. The zero-order valence-corrected chi connectivity index (χ0v) is 19.3. The predicted molar refractivity (Wildman–Crippen MR) is 124 cm³/mol. The van der Waals surface area contributed by atoms with Gasteiger partial charge in [0.15, 0.2) is 0 Å². The Hall–Kier alpha value is -3.30. The number of carbonyl (C=O) groups is 3. The molecule has 4 atom stereocenters. The van der Waals surface area contributed by atoms with Gasteiger partial charge in [-0.3, -0.25) is 29.4 Å². The van der Waals surface area contributed by atoms with E-state index in [1.807, 2.05) is 17.9 Å². The Morgan fingerprint density at radius 3 is 2.68 bits per heavy atom. The van der Waals surface area contributed by atoms with Crippen LogP contribution in [0.1, 0.15) is 29.5 Å². The summed E-state index contributed by atoms with van der Waals surface area (Å²) in [5.41, 5.74) is 0.878. The van der Waals surface area contributed by atoms with Gasteiger partial charge in [0.25, 0.3) is 11.6 Å². The fourth-order valence-corrected chi connectivity index (χ4v) is 7.01. The van der Waals surface area contributed by atoms with E-state index in [0.29, 0.717) is 29.2 Å². The van der Waals surface area contributed by atoms with E-state index in [2.05, 4.69) is 5.32 Å². The number of aryl methyl sites for hydroxylation is 1. The summed E-state index contributed by atoms with van der Waals surface area (Å²) in [5, 5.41) is 14.8. The minimum atomic E-state index is -1.34. The first-order valence-corrected chi connectivity index (χ1v) is 11.6. The maximum atomic E-state index is 14.0. The van der Waals surface area contributed by atoms with Crippen molar-refractivity contribution in [1.82, 2.24) is 4.90 Å². The molecule has 174 valence electrons. The summed E-state index contributed by atoms with van der Waals surface area (Å²) in [6.45, 7) is 3.99. The Morgan fingerprint density at radius 2 is 1.94 bits per heavy atom. The van der Waals surface area contributed by atoms with Gasteiger partial charge in [-0.05, 0) is 50.9 Å². The van der Waals surface area contributed by atoms with Gasteiger partial charge in [0.05, 0.1) is 38.7 Å². The standard InChI is InChI=1S/C24H21ClN4O5/c1-11-9-13-20(14(25)10-11)26-23(32)24(13)19-18(17-7-4-8-27(17)24)21(30)28(22(19)31)15-5-3-6-16(12(15)2)29(33)34/h3,5-6,9-10,17-19H,4,7-8H2,1-2H3,(H,26,32)/t17-,18-,19-,24-/m1/s1. The monoisotopic (exact) mass is 480 g/mol. The van der Waals surface area contributed by atoms with Crippen LogP contribution in [-0.2, 0) is 19.9 Å². The molecule has 0 unspecified atom stereocenters. The molecule has 1 spiro atoms. The lowest BCUT2D eigenvalue weighted by molar-refractivity contribution is -0.385. The molecule has 2 aromatic rings. The van der Waals surface area contributed by atoms with Crippen LogP contribution in [0.5, 0.6) is 0 Å². The molecule has 3 saturated heterocycles. The Labute approximate surface area is 199 Å². The van der Waals surface area contributed by atoms with Crippen molar-refractivity contribution in [3.8, 4) is 0 Å². The van der Waals surface area contributed by atoms with Gasteiger partial charge in [0.1, 0.15) is 5.54 Å². The number of anilines is 2. The molecular formula is C24H21ClN4O5. The first-order chi connectivity index (χ1) is 16.2. The molecule has 4 heterocycles. The number of rotatable bonds is 2. The minimum Gasteiger partial charge on any atom is -0.323 e. The lowest BCUT2D eigenvalue weighted by atomic mass is 9.75. The second-order valence-corrected chi connectivity index (χ2v) is 9.89. The highest BCUT2D eigenvalue weighted by Gasteiger charge is 2.75. The molecule has 3 amide bonds.